The molecule has 5 heterocycles. The second kappa shape index (κ2) is 14.8. The standard InChI is InChI=1S/C24H34N8O14P2/c25-4-2-5-27-22(37)12-3-1-6-31(7-12)23-18(35)16(33)13(44-23)8-42-47(38,39)46-48(40,41)43-9-14-17(34)19(36)24(45-14)32-11-30-15-20(26)28-10-29-21(15)32/h1,3,6-7,10-11,13-14,16-19,23-24,33-36H,2,4-5,8-9,25H2,(H4-,26,27,28,29,37,38,39,40,41)/p+1/t13-,14-,16-,17-,18-,19-,23-,24-/m1/s1. The molecule has 1 amide bonds. The average Bonchev–Trinajstić information content (AvgIpc) is 3.69. The quantitative estimate of drug-likeness (QED) is 0.0454. The van der Waals surface area contributed by atoms with E-state index in [2.05, 4.69) is 24.6 Å². The Kier molecular flexibility index (Phi) is 11.2. The molecule has 0 radical (unpaired) electrons. The van der Waals surface area contributed by atoms with Gasteiger partial charge in [0.05, 0.1) is 19.5 Å². The maximum absolute atomic E-state index is 12.5. The number of rotatable bonds is 14. The number of nitrogens with zero attached hydrogens (tertiary/aromatic N) is 5. The third-order valence-corrected chi connectivity index (χ3v) is 9.99. The summed E-state index contributed by atoms with van der Waals surface area (Å²) in [5.41, 5.74) is 11.8. The minimum Gasteiger partial charge on any atom is -0.387 e. The van der Waals surface area contributed by atoms with Crippen LogP contribution >= 0.6 is 15.6 Å². The molecule has 0 bridgehead atoms. The molecule has 22 nitrogen and oxygen atoms in total. The predicted octanol–water partition coefficient (Wildman–Crippen LogP) is -3.04. The molecule has 48 heavy (non-hydrogen) atoms. The Morgan fingerprint density at radius 2 is 1.67 bits per heavy atom. The molecule has 24 heteroatoms. The first kappa shape index (κ1) is 36.2. The molecule has 3 aromatic heterocycles. The maximum Gasteiger partial charge on any atom is 0.481 e. The van der Waals surface area contributed by atoms with Gasteiger partial charge in [0.2, 0.25) is 0 Å². The Labute approximate surface area is 271 Å². The van der Waals surface area contributed by atoms with Crippen molar-refractivity contribution < 1.29 is 71.5 Å². The first-order chi connectivity index (χ1) is 22.7. The molecule has 0 aliphatic carbocycles. The van der Waals surface area contributed by atoms with Gasteiger partial charge in [-0.3, -0.25) is 18.4 Å². The molecule has 0 saturated carbocycles. The number of hydrogen-bond donors (Lipinski definition) is 9. The van der Waals surface area contributed by atoms with E-state index in [1.807, 2.05) is 0 Å². The molecular formula is C24H35N8O14P2+. The first-order valence-electron chi connectivity index (χ1n) is 14.3. The van der Waals surface area contributed by atoms with Crippen molar-refractivity contribution in [1.29, 1.82) is 0 Å². The topological polar surface area (TPSA) is 330 Å². The fourth-order valence-electron chi connectivity index (χ4n) is 4.97. The smallest absolute Gasteiger partial charge is 0.387 e. The van der Waals surface area contributed by atoms with Crippen molar-refractivity contribution in [3.63, 3.8) is 0 Å². The van der Waals surface area contributed by atoms with E-state index in [4.69, 9.17) is 30.0 Å². The SMILES string of the molecule is NCCCNC(=O)c1ccc[n+]([C@@H]2O[C@H](COP(=O)(O)OP(=O)(O)OC[C@H]3O[C@@H](n4cnc5c(N)ncnc54)[C@H](O)[C@@H]3O)[C@@H](O)[C@H]2O)c1. The average molecular weight is 722 g/mol. The van der Waals surface area contributed by atoms with Crippen molar-refractivity contribution in [3.05, 3.63) is 42.7 Å². The van der Waals surface area contributed by atoms with Crippen LogP contribution in [0.3, 0.4) is 0 Å². The van der Waals surface area contributed by atoms with Crippen molar-refractivity contribution >= 4 is 38.5 Å². The number of aliphatic hydroxyl groups excluding tert-OH is 4. The van der Waals surface area contributed by atoms with Crippen LogP contribution in [0.5, 0.6) is 0 Å². The second-order valence-electron chi connectivity index (χ2n) is 10.7. The Morgan fingerprint density at radius 1 is 1.00 bits per heavy atom. The number of aliphatic hydroxyl groups is 4. The number of carbonyl (C=O) groups is 1. The molecule has 3 aromatic rings. The summed E-state index contributed by atoms with van der Waals surface area (Å²) >= 11 is 0. The number of phosphoric ester groups is 2. The minimum absolute atomic E-state index is 0.0510. The normalized spacial score (nSPS) is 29.9. The first-order valence-corrected chi connectivity index (χ1v) is 17.3. The Balaban J connectivity index is 1.14. The summed E-state index contributed by atoms with van der Waals surface area (Å²) in [6, 6.07) is 3.01. The summed E-state index contributed by atoms with van der Waals surface area (Å²) in [7, 11) is -10.8. The Morgan fingerprint density at radius 3 is 2.35 bits per heavy atom. The van der Waals surface area contributed by atoms with Crippen LogP contribution < -0.4 is 21.4 Å². The van der Waals surface area contributed by atoms with E-state index in [9.17, 15) is 44.1 Å². The number of pyridine rings is 1. The van der Waals surface area contributed by atoms with Crippen molar-refractivity contribution in [1.82, 2.24) is 24.8 Å². The molecule has 2 unspecified atom stereocenters. The summed E-state index contributed by atoms with van der Waals surface area (Å²) in [6.07, 6.45) is -6.12. The van der Waals surface area contributed by atoms with Gasteiger partial charge in [-0.15, -0.1) is 0 Å². The highest BCUT2D eigenvalue weighted by Gasteiger charge is 2.50. The highest BCUT2D eigenvalue weighted by atomic mass is 31.3. The van der Waals surface area contributed by atoms with E-state index in [1.165, 1.54) is 40.0 Å². The van der Waals surface area contributed by atoms with Gasteiger partial charge in [-0.25, -0.2) is 24.1 Å². The molecule has 2 saturated heterocycles. The summed E-state index contributed by atoms with van der Waals surface area (Å²) in [5.74, 6) is -0.368. The fraction of sp³-hybridized carbons (Fsp3) is 0.542. The summed E-state index contributed by atoms with van der Waals surface area (Å²) in [4.78, 5) is 44.4. The molecule has 2 aliphatic rings. The van der Waals surface area contributed by atoms with Gasteiger partial charge in [0.25, 0.3) is 12.1 Å². The lowest BCUT2D eigenvalue weighted by Crippen LogP contribution is -2.46. The lowest BCUT2D eigenvalue weighted by molar-refractivity contribution is -0.765. The lowest BCUT2D eigenvalue weighted by atomic mass is 10.1. The van der Waals surface area contributed by atoms with Gasteiger partial charge in [0.1, 0.15) is 47.9 Å². The van der Waals surface area contributed by atoms with Gasteiger partial charge in [-0.1, -0.05) is 0 Å². The van der Waals surface area contributed by atoms with Crippen molar-refractivity contribution in [3.8, 4) is 0 Å². The molecule has 0 aromatic carbocycles. The van der Waals surface area contributed by atoms with Crippen LogP contribution in [0.15, 0.2) is 37.2 Å². The number of phosphoric acid groups is 2. The number of hydrogen-bond acceptors (Lipinski definition) is 17. The predicted molar refractivity (Wildman–Crippen MR) is 157 cm³/mol. The third-order valence-electron chi connectivity index (χ3n) is 7.39. The Bertz CT molecular complexity index is 1700. The van der Waals surface area contributed by atoms with Crippen LogP contribution in [-0.4, -0.2) is 119 Å². The summed E-state index contributed by atoms with van der Waals surface area (Å²) in [6.45, 7) is -1.06. The lowest BCUT2D eigenvalue weighted by Gasteiger charge is -2.20. The monoisotopic (exact) mass is 721 g/mol. The van der Waals surface area contributed by atoms with Crippen LogP contribution in [-0.2, 0) is 32.0 Å². The van der Waals surface area contributed by atoms with Crippen molar-refractivity contribution in [2.45, 2.75) is 55.5 Å². The van der Waals surface area contributed by atoms with E-state index in [0.717, 1.165) is 6.33 Å². The molecule has 2 aliphatic heterocycles. The number of nitrogen functional groups attached to an aromatic ring is 1. The highest BCUT2D eigenvalue weighted by Crippen LogP contribution is 2.60. The van der Waals surface area contributed by atoms with Crippen molar-refractivity contribution in [2.24, 2.45) is 5.73 Å². The Hall–Kier alpha value is -3.05. The zero-order valence-electron chi connectivity index (χ0n) is 24.9. The molecular weight excluding hydrogens is 686 g/mol. The van der Waals surface area contributed by atoms with Crippen LogP contribution in [0, 0.1) is 0 Å². The molecule has 10 atom stereocenters. The maximum atomic E-state index is 12.5. The van der Waals surface area contributed by atoms with E-state index < -0.39 is 83.8 Å². The summed E-state index contributed by atoms with van der Waals surface area (Å²) in [5, 5.41) is 44.7. The summed E-state index contributed by atoms with van der Waals surface area (Å²) < 4.78 is 52.5. The zero-order chi connectivity index (χ0) is 34.8. The highest BCUT2D eigenvalue weighted by molar-refractivity contribution is 7.61. The number of nitrogens with one attached hydrogen (secondary N) is 1. The van der Waals surface area contributed by atoms with Crippen LogP contribution in [0.25, 0.3) is 11.2 Å². The molecule has 11 N–H and O–H groups in total. The molecule has 264 valence electrons. The van der Waals surface area contributed by atoms with E-state index in [-0.39, 0.29) is 22.5 Å². The largest absolute Gasteiger partial charge is 0.481 e. The number of fused-ring (bicyclic) bond motifs is 1. The molecule has 0 spiro atoms. The van der Waals surface area contributed by atoms with E-state index in [0.29, 0.717) is 19.5 Å². The molecule has 5 rings (SSSR count). The zero-order valence-corrected chi connectivity index (χ0v) is 26.6. The van der Waals surface area contributed by atoms with Crippen LogP contribution in [0.2, 0.25) is 0 Å². The van der Waals surface area contributed by atoms with E-state index in [1.54, 1.807) is 0 Å². The van der Waals surface area contributed by atoms with Gasteiger partial charge >= 0.3 is 15.6 Å². The van der Waals surface area contributed by atoms with Gasteiger partial charge in [0.15, 0.2) is 36.2 Å². The molecule has 2 fully saturated rings. The van der Waals surface area contributed by atoms with Gasteiger partial charge in [-0.2, -0.15) is 8.88 Å². The number of imidazole rings is 1. The van der Waals surface area contributed by atoms with Gasteiger partial charge in [0, 0.05) is 12.6 Å². The van der Waals surface area contributed by atoms with Crippen LogP contribution in [0.1, 0.15) is 29.2 Å². The van der Waals surface area contributed by atoms with Crippen LogP contribution in [0.4, 0.5) is 5.82 Å². The van der Waals surface area contributed by atoms with Crippen molar-refractivity contribution in [2.75, 3.05) is 32.0 Å². The number of carbonyl (C=O) groups excluding carboxylic acids is 1. The number of anilines is 1. The second-order valence-corrected chi connectivity index (χ2v) is 13.8. The minimum atomic E-state index is -5.38. The number of amides is 1. The van der Waals surface area contributed by atoms with E-state index >= 15 is 0 Å². The van der Waals surface area contributed by atoms with Gasteiger partial charge in [-0.05, 0) is 19.0 Å². The number of ether oxygens (including phenoxy) is 2. The number of aromatic nitrogens is 5. The fourth-order valence-corrected chi connectivity index (χ4v) is 7.06. The number of nitrogens with two attached hydrogens (primary N) is 2. The third kappa shape index (κ3) is 8.04. The van der Waals surface area contributed by atoms with Gasteiger partial charge < -0.3 is 56.5 Å².